The first-order valence-corrected chi connectivity index (χ1v) is 11.5. The van der Waals surface area contributed by atoms with E-state index in [2.05, 4.69) is 61.2 Å². The van der Waals surface area contributed by atoms with Gasteiger partial charge in [0.25, 0.3) is 0 Å². The zero-order valence-electron chi connectivity index (χ0n) is 17.6. The van der Waals surface area contributed by atoms with Gasteiger partial charge in [-0.15, -0.1) is 0 Å². The molecule has 4 aliphatic carbocycles. The van der Waals surface area contributed by atoms with E-state index in [1.54, 1.807) is 5.57 Å². The Balaban J connectivity index is 1.18. The number of hydrogen-bond acceptors (Lipinski definition) is 0. The van der Waals surface area contributed by atoms with Crippen LogP contribution in [-0.4, -0.2) is 0 Å². The summed E-state index contributed by atoms with van der Waals surface area (Å²) in [6.45, 7) is 4.49. The molecular weight excluding hydrogens is 348 g/mol. The standard InChI is InChI=1S/C29H32/c1-21(24-15-14-23(18-24)17-22-8-3-2-4-9-22)16-27-12-7-13-29(27)28-19-25-10-5-6-11-26(25)20-28/h5-6,10-15,19,22H,1-4,7-9,16-18,20H2. The maximum Gasteiger partial charge on any atom is -0.00137 e. The van der Waals surface area contributed by atoms with Crippen LogP contribution in [0.25, 0.3) is 6.08 Å². The lowest BCUT2D eigenvalue weighted by Gasteiger charge is -2.22. The van der Waals surface area contributed by atoms with Crippen LogP contribution in [0.1, 0.15) is 68.9 Å². The molecule has 0 aromatic heterocycles. The normalized spacial score (nSPS) is 21.3. The highest BCUT2D eigenvalue weighted by molar-refractivity contribution is 5.72. The van der Waals surface area contributed by atoms with E-state index in [0.29, 0.717) is 0 Å². The van der Waals surface area contributed by atoms with E-state index in [1.165, 1.54) is 77.5 Å². The van der Waals surface area contributed by atoms with Crippen LogP contribution in [0.2, 0.25) is 0 Å². The van der Waals surface area contributed by atoms with Crippen LogP contribution in [0.3, 0.4) is 0 Å². The quantitative estimate of drug-likeness (QED) is 0.468. The minimum absolute atomic E-state index is 0.930. The van der Waals surface area contributed by atoms with Gasteiger partial charge in [-0.05, 0) is 77.0 Å². The first-order valence-electron chi connectivity index (χ1n) is 11.5. The van der Waals surface area contributed by atoms with E-state index in [1.807, 2.05) is 0 Å². The second-order valence-corrected chi connectivity index (χ2v) is 9.31. The van der Waals surface area contributed by atoms with Gasteiger partial charge in [0.2, 0.25) is 0 Å². The molecule has 0 bridgehead atoms. The molecule has 0 nitrogen and oxygen atoms in total. The van der Waals surface area contributed by atoms with Gasteiger partial charge in [-0.1, -0.05) is 98.9 Å². The van der Waals surface area contributed by atoms with Crippen molar-refractivity contribution in [3.05, 3.63) is 99.7 Å². The lowest BCUT2D eigenvalue weighted by molar-refractivity contribution is 0.355. The summed E-state index contributed by atoms with van der Waals surface area (Å²) in [6.07, 6.45) is 24.7. The average molecular weight is 381 g/mol. The van der Waals surface area contributed by atoms with Crippen LogP contribution in [0.4, 0.5) is 0 Å². The molecule has 0 heterocycles. The van der Waals surface area contributed by atoms with E-state index in [4.69, 9.17) is 0 Å². The Kier molecular flexibility index (Phi) is 5.27. The molecule has 1 saturated carbocycles. The second-order valence-electron chi connectivity index (χ2n) is 9.31. The summed E-state index contributed by atoms with van der Waals surface area (Å²) in [5.41, 5.74) is 11.7. The molecule has 1 fully saturated rings. The maximum atomic E-state index is 4.49. The molecule has 0 N–H and O–H groups in total. The van der Waals surface area contributed by atoms with Crippen molar-refractivity contribution in [3.8, 4) is 0 Å². The molecule has 0 aliphatic heterocycles. The van der Waals surface area contributed by atoms with E-state index in [0.717, 1.165) is 31.6 Å². The third kappa shape index (κ3) is 4.04. The number of fused-ring (bicyclic) bond motifs is 1. The third-order valence-corrected chi connectivity index (χ3v) is 7.22. The smallest absolute Gasteiger partial charge is 0.00137 e. The topological polar surface area (TPSA) is 0 Å². The van der Waals surface area contributed by atoms with Gasteiger partial charge in [-0.3, -0.25) is 0 Å². The number of hydrogen-bond donors (Lipinski definition) is 0. The molecule has 0 amide bonds. The fourth-order valence-corrected chi connectivity index (χ4v) is 5.59. The van der Waals surface area contributed by atoms with E-state index in [9.17, 15) is 0 Å². The maximum absolute atomic E-state index is 4.49. The summed E-state index contributed by atoms with van der Waals surface area (Å²) in [7, 11) is 0. The second kappa shape index (κ2) is 8.19. The predicted molar refractivity (Wildman–Crippen MR) is 125 cm³/mol. The van der Waals surface area contributed by atoms with E-state index >= 15 is 0 Å². The van der Waals surface area contributed by atoms with Gasteiger partial charge in [0.05, 0.1) is 0 Å². The van der Waals surface area contributed by atoms with Crippen LogP contribution in [0.5, 0.6) is 0 Å². The van der Waals surface area contributed by atoms with Gasteiger partial charge in [0.15, 0.2) is 0 Å². The summed E-state index contributed by atoms with van der Waals surface area (Å²) >= 11 is 0. The zero-order valence-corrected chi connectivity index (χ0v) is 17.6. The van der Waals surface area contributed by atoms with Crippen LogP contribution in [0, 0.1) is 5.92 Å². The van der Waals surface area contributed by atoms with Crippen molar-refractivity contribution < 1.29 is 0 Å². The average Bonchev–Trinajstić information content (AvgIpc) is 3.47. The molecule has 0 radical (unpaired) electrons. The highest BCUT2D eigenvalue weighted by Crippen LogP contribution is 2.40. The first kappa shape index (κ1) is 18.7. The van der Waals surface area contributed by atoms with Crippen molar-refractivity contribution in [2.45, 2.75) is 64.2 Å². The Hall–Kier alpha value is -2.34. The number of rotatable bonds is 6. The summed E-state index contributed by atoms with van der Waals surface area (Å²) in [5, 5.41) is 0. The van der Waals surface area contributed by atoms with Gasteiger partial charge in [-0.2, -0.15) is 0 Å². The fraction of sp³-hybridized carbons (Fsp3) is 0.379. The molecule has 1 aromatic rings. The molecular formula is C29H32. The first-order chi connectivity index (χ1) is 14.3. The summed E-state index contributed by atoms with van der Waals surface area (Å²) in [6, 6.07) is 8.80. The Bertz CT molecular complexity index is 967. The van der Waals surface area contributed by atoms with Gasteiger partial charge >= 0.3 is 0 Å². The molecule has 0 heteroatoms. The fourth-order valence-electron chi connectivity index (χ4n) is 5.59. The zero-order chi connectivity index (χ0) is 19.6. The number of benzene rings is 1. The Morgan fingerprint density at radius 1 is 0.966 bits per heavy atom. The van der Waals surface area contributed by atoms with Crippen molar-refractivity contribution in [2.75, 3.05) is 0 Å². The van der Waals surface area contributed by atoms with E-state index in [-0.39, 0.29) is 0 Å². The molecule has 5 rings (SSSR count). The van der Waals surface area contributed by atoms with Gasteiger partial charge in [-0.25, -0.2) is 0 Å². The lowest BCUT2D eigenvalue weighted by atomic mass is 9.84. The summed E-state index contributed by atoms with van der Waals surface area (Å²) in [4.78, 5) is 0. The highest BCUT2D eigenvalue weighted by atomic mass is 14.3. The number of allylic oxidation sites excluding steroid dienone is 10. The molecule has 148 valence electrons. The Morgan fingerprint density at radius 3 is 2.69 bits per heavy atom. The van der Waals surface area contributed by atoms with Crippen molar-refractivity contribution >= 4 is 6.08 Å². The monoisotopic (exact) mass is 380 g/mol. The predicted octanol–water partition coefficient (Wildman–Crippen LogP) is 8.06. The van der Waals surface area contributed by atoms with Crippen LogP contribution < -0.4 is 0 Å². The highest BCUT2D eigenvalue weighted by Gasteiger charge is 2.22. The SMILES string of the molecule is C=C(CC1=CCC=C1C1=Cc2ccccc2C1)C1=CC=C(CC2CCCCC2)C1. The van der Waals surface area contributed by atoms with Crippen LogP contribution in [0.15, 0.2) is 88.6 Å². The Morgan fingerprint density at radius 2 is 1.83 bits per heavy atom. The van der Waals surface area contributed by atoms with Crippen LogP contribution >= 0.6 is 0 Å². The minimum atomic E-state index is 0.930. The van der Waals surface area contributed by atoms with Crippen molar-refractivity contribution in [1.29, 1.82) is 0 Å². The minimum Gasteiger partial charge on any atom is -0.0952 e. The summed E-state index contributed by atoms with van der Waals surface area (Å²) in [5.74, 6) is 0.930. The van der Waals surface area contributed by atoms with Gasteiger partial charge < -0.3 is 0 Å². The molecule has 0 saturated heterocycles. The third-order valence-electron chi connectivity index (χ3n) is 7.22. The molecule has 4 aliphatic rings. The van der Waals surface area contributed by atoms with Crippen molar-refractivity contribution in [2.24, 2.45) is 5.92 Å². The molecule has 0 unspecified atom stereocenters. The van der Waals surface area contributed by atoms with Gasteiger partial charge in [0, 0.05) is 0 Å². The van der Waals surface area contributed by atoms with Crippen molar-refractivity contribution in [3.63, 3.8) is 0 Å². The van der Waals surface area contributed by atoms with Crippen molar-refractivity contribution in [1.82, 2.24) is 0 Å². The molecule has 0 atom stereocenters. The van der Waals surface area contributed by atoms with Crippen LogP contribution in [-0.2, 0) is 6.42 Å². The summed E-state index contributed by atoms with van der Waals surface area (Å²) < 4.78 is 0. The Labute approximate surface area is 176 Å². The lowest BCUT2D eigenvalue weighted by Crippen LogP contribution is -2.07. The van der Waals surface area contributed by atoms with Gasteiger partial charge in [0.1, 0.15) is 0 Å². The molecule has 1 aromatic carbocycles. The largest absolute Gasteiger partial charge is 0.0952 e. The molecule has 0 spiro atoms. The molecule has 29 heavy (non-hydrogen) atoms. The van der Waals surface area contributed by atoms with E-state index < -0.39 is 0 Å².